The van der Waals surface area contributed by atoms with E-state index in [-0.39, 0.29) is 11.5 Å². The van der Waals surface area contributed by atoms with Crippen LogP contribution in [0.25, 0.3) is 0 Å². The molecule has 1 aliphatic rings. The van der Waals surface area contributed by atoms with Gasteiger partial charge >= 0.3 is 0 Å². The van der Waals surface area contributed by atoms with Gasteiger partial charge in [-0.25, -0.2) is 0 Å². The summed E-state index contributed by atoms with van der Waals surface area (Å²) in [6.45, 7) is 8.52. The molecule has 0 spiro atoms. The predicted molar refractivity (Wildman–Crippen MR) is 71.1 cm³/mol. The third-order valence-electron chi connectivity index (χ3n) is 4.14. The molecule has 1 fully saturated rings. The van der Waals surface area contributed by atoms with Crippen LogP contribution >= 0.6 is 0 Å². The first-order chi connectivity index (χ1) is 8.41. The highest BCUT2D eigenvalue weighted by atomic mass is 16.5. The van der Waals surface area contributed by atoms with Gasteiger partial charge in [-0.15, -0.1) is 0 Å². The van der Waals surface area contributed by atoms with Crippen molar-refractivity contribution in [3.63, 3.8) is 0 Å². The summed E-state index contributed by atoms with van der Waals surface area (Å²) in [7, 11) is 0. The van der Waals surface area contributed by atoms with E-state index in [4.69, 9.17) is 10.3 Å². The van der Waals surface area contributed by atoms with Crippen LogP contribution in [0.5, 0.6) is 0 Å². The fourth-order valence-electron chi connectivity index (χ4n) is 2.59. The van der Waals surface area contributed by atoms with E-state index in [0.717, 1.165) is 11.7 Å². The molecule has 2 N–H and O–H groups in total. The lowest BCUT2D eigenvalue weighted by Gasteiger charge is -2.23. The van der Waals surface area contributed by atoms with Crippen LogP contribution in [0.4, 0.5) is 0 Å². The number of nitrogens with zero attached hydrogens (tertiary/aromatic N) is 2. The molecule has 0 bridgehead atoms. The lowest BCUT2D eigenvalue weighted by Crippen LogP contribution is -2.26. The maximum Gasteiger partial charge on any atom is 0.244 e. The van der Waals surface area contributed by atoms with Gasteiger partial charge in [0.25, 0.3) is 0 Å². The molecule has 102 valence electrons. The van der Waals surface area contributed by atoms with E-state index in [2.05, 4.69) is 37.8 Å². The molecule has 1 saturated carbocycles. The first-order valence-electron chi connectivity index (χ1n) is 7.01. The van der Waals surface area contributed by atoms with Crippen LogP contribution < -0.4 is 5.73 Å². The minimum absolute atomic E-state index is 0.0502. The van der Waals surface area contributed by atoms with Crippen LogP contribution in [0.1, 0.15) is 77.1 Å². The first kappa shape index (κ1) is 13.5. The van der Waals surface area contributed by atoms with E-state index in [1.165, 1.54) is 25.7 Å². The average molecular weight is 251 g/mol. The summed E-state index contributed by atoms with van der Waals surface area (Å²) in [5.74, 6) is 2.74. The smallest absolute Gasteiger partial charge is 0.244 e. The van der Waals surface area contributed by atoms with Gasteiger partial charge in [-0.1, -0.05) is 39.3 Å². The molecule has 1 aliphatic carbocycles. The van der Waals surface area contributed by atoms with Crippen molar-refractivity contribution in [3.05, 3.63) is 11.7 Å². The van der Waals surface area contributed by atoms with Crippen molar-refractivity contribution < 1.29 is 4.52 Å². The van der Waals surface area contributed by atoms with Crippen LogP contribution in [0.3, 0.4) is 0 Å². The highest BCUT2D eigenvalue weighted by Crippen LogP contribution is 2.39. The van der Waals surface area contributed by atoms with E-state index in [1.54, 1.807) is 0 Å². The molecule has 0 aromatic carbocycles. The Morgan fingerprint density at radius 1 is 1.39 bits per heavy atom. The Kier molecular flexibility index (Phi) is 3.76. The highest BCUT2D eigenvalue weighted by Gasteiger charge is 2.31. The van der Waals surface area contributed by atoms with Gasteiger partial charge < -0.3 is 10.3 Å². The molecule has 18 heavy (non-hydrogen) atoms. The maximum absolute atomic E-state index is 6.14. The van der Waals surface area contributed by atoms with Crippen molar-refractivity contribution in [1.29, 1.82) is 0 Å². The van der Waals surface area contributed by atoms with E-state index in [9.17, 15) is 0 Å². The van der Waals surface area contributed by atoms with Gasteiger partial charge in [0.15, 0.2) is 5.82 Å². The highest BCUT2D eigenvalue weighted by molar-refractivity contribution is 5.03. The van der Waals surface area contributed by atoms with Crippen molar-refractivity contribution in [2.45, 2.75) is 65.3 Å². The van der Waals surface area contributed by atoms with E-state index < -0.39 is 0 Å². The van der Waals surface area contributed by atoms with Gasteiger partial charge in [0.1, 0.15) is 0 Å². The molecule has 0 radical (unpaired) electrons. The molecule has 2 rings (SSSR count). The maximum atomic E-state index is 6.14. The fraction of sp³-hybridized carbons (Fsp3) is 0.857. The first-order valence-corrected chi connectivity index (χ1v) is 7.01. The Hall–Kier alpha value is -0.900. The Labute approximate surface area is 109 Å². The van der Waals surface area contributed by atoms with Crippen molar-refractivity contribution in [2.75, 3.05) is 0 Å². The van der Waals surface area contributed by atoms with Crippen LogP contribution in [0.2, 0.25) is 0 Å². The van der Waals surface area contributed by atoms with Gasteiger partial charge in [0, 0.05) is 5.92 Å². The molecule has 0 saturated heterocycles. The minimum atomic E-state index is -0.192. The van der Waals surface area contributed by atoms with E-state index >= 15 is 0 Å². The SMILES string of the molecule is CCC1CCC(c2noc(C(N)C(C)(C)C)n2)C1. The van der Waals surface area contributed by atoms with Crippen molar-refractivity contribution in [3.8, 4) is 0 Å². The lowest BCUT2D eigenvalue weighted by atomic mass is 9.87. The normalized spacial score (nSPS) is 26.5. The van der Waals surface area contributed by atoms with Crippen LogP contribution in [0.15, 0.2) is 4.52 Å². The zero-order chi connectivity index (χ0) is 13.3. The number of hydrogen-bond donors (Lipinski definition) is 1. The summed E-state index contributed by atoms with van der Waals surface area (Å²) in [6, 6.07) is -0.192. The van der Waals surface area contributed by atoms with Gasteiger partial charge in [-0.2, -0.15) is 4.98 Å². The minimum Gasteiger partial charge on any atom is -0.338 e. The quantitative estimate of drug-likeness (QED) is 0.894. The van der Waals surface area contributed by atoms with Crippen LogP contribution in [-0.2, 0) is 0 Å². The zero-order valence-electron chi connectivity index (χ0n) is 11.9. The molecule has 1 heterocycles. The Balaban J connectivity index is 2.07. The Bertz CT molecular complexity index is 394. The molecule has 4 heteroatoms. The Morgan fingerprint density at radius 2 is 2.11 bits per heavy atom. The summed E-state index contributed by atoms with van der Waals surface area (Å²) < 4.78 is 5.35. The zero-order valence-corrected chi connectivity index (χ0v) is 11.9. The molecule has 1 aromatic heterocycles. The van der Waals surface area contributed by atoms with Gasteiger partial charge in [0.05, 0.1) is 6.04 Å². The monoisotopic (exact) mass is 251 g/mol. The van der Waals surface area contributed by atoms with Gasteiger partial charge in [-0.05, 0) is 30.6 Å². The molecule has 1 aromatic rings. The number of nitrogens with two attached hydrogens (primary N) is 1. The Morgan fingerprint density at radius 3 is 2.67 bits per heavy atom. The third-order valence-corrected chi connectivity index (χ3v) is 4.14. The topological polar surface area (TPSA) is 64.9 Å². The second kappa shape index (κ2) is 5.00. The largest absolute Gasteiger partial charge is 0.338 e. The fourth-order valence-corrected chi connectivity index (χ4v) is 2.59. The molecule has 0 aliphatic heterocycles. The van der Waals surface area contributed by atoms with Crippen molar-refractivity contribution in [2.24, 2.45) is 17.1 Å². The molecule has 3 unspecified atom stereocenters. The second-order valence-electron chi connectivity index (χ2n) is 6.62. The molecular formula is C14H25N3O. The molecule has 4 nitrogen and oxygen atoms in total. The second-order valence-corrected chi connectivity index (χ2v) is 6.62. The third kappa shape index (κ3) is 2.74. The molecule has 3 atom stereocenters. The lowest BCUT2D eigenvalue weighted by molar-refractivity contribution is 0.252. The number of rotatable bonds is 3. The average Bonchev–Trinajstić information content (AvgIpc) is 2.95. The van der Waals surface area contributed by atoms with E-state index in [1.807, 2.05) is 0 Å². The molecular weight excluding hydrogens is 226 g/mol. The standard InChI is InChI=1S/C14H25N3O/c1-5-9-6-7-10(8-9)12-16-13(18-17-12)11(15)14(2,3)4/h9-11H,5-8,15H2,1-4H3. The van der Waals surface area contributed by atoms with Gasteiger partial charge in [-0.3, -0.25) is 0 Å². The number of aromatic nitrogens is 2. The summed E-state index contributed by atoms with van der Waals surface area (Å²) >= 11 is 0. The molecule has 0 amide bonds. The van der Waals surface area contributed by atoms with Crippen molar-refractivity contribution in [1.82, 2.24) is 10.1 Å². The summed E-state index contributed by atoms with van der Waals surface area (Å²) in [5, 5.41) is 4.14. The van der Waals surface area contributed by atoms with Crippen LogP contribution in [0, 0.1) is 11.3 Å². The summed E-state index contributed by atoms with van der Waals surface area (Å²) in [4.78, 5) is 4.52. The van der Waals surface area contributed by atoms with Crippen molar-refractivity contribution >= 4 is 0 Å². The summed E-state index contributed by atoms with van der Waals surface area (Å²) in [5.41, 5.74) is 6.09. The van der Waals surface area contributed by atoms with Gasteiger partial charge in [0.2, 0.25) is 5.89 Å². The number of hydrogen-bond acceptors (Lipinski definition) is 4. The van der Waals surface area contributed by atoms with Crippen LogP contribution in [-0.4, -0.2) is 10.1 Å². The predicted octanol–water partition coefficient (Wildman–Crippen LogP) is 3.41. The van der Waals surface area contributed by atoms with E-state index in [0.29, 0.717) is 11.8 Å². The summed E-state index contributed by atoms with van der Waals surface area (Å²) in [6.07, 6.45) is 4.92.